The molecule has 1 aliphatic rings. The van der Waals surface area contributed by atoms with Gasteiger partial charge in [0.05, 0.1) is 17.4 Å². The lowest BCUT2D eigenvalue weighted by atomic mass is 10.0. The average Bonchev–Trinajstić information content (AvgIpc) is 3.41. The summed E-state index contributed by atoms with van der Waals surface area (Å²) in [6.07, 6.45) is 1.74. The number of benzene rings is 2. The Balaban J connectivity index is 1.63. The molecule has 1 aliphatic heterocycles. The number of aromatic nitrogens is 1. The smallest absolute Gasteiger partial charge is 0.174 e. The molecule has 1 saturated heterocycles. The summed E-state index contributed by atoms with van der Waals surface area (Å²) in [5.41, 5.74) is 2.30. The van der Waals surface area contributed by atoms with Crippen LogP contribution in [-0.4, -0.2) is 15.2 Å². The third kappa shape index (κ3) is 3.65. The molecule has 5 rings (SSSR count). The van der Waals surface area contributed by atoms with Crippen LogP contribution in [0.15, 0.2) is 89.5 Å². The zero-order valence-electron chi connectivity index (χ0n) is 16.3. The third-order valence-corrected chi connectivity index (χ3v) is 5.82. The summed E-state index contributed by atoms with van der Waals surface area (Å²) >= 11 is 11.9. The Labute approximate surface area is 189 Å². The van der Waals surface area contributed by atoms with Gasteiger partial charge in [-0.1, -0.05) is 48.0 Å². The number of anilines is 1. The Morgan fingerprint density at radius 3 is 2.58 bits per heavy atom. The second kappa shape index (κ2) is 8.06. The number of phenols is 1. The molecule has 0 aliphatic carbocycles. The van der Waals surface area contributed by atoms with Crippen LogP contribution in [0, 0.1) is 0 Å². The SMILES string of the molecule is Oc1ccc(Cl)cc1N1C(=S)N[C@H](c2ccccn2)[C@H]1c1ccc(-c2ccccc2)o1. The summed E-state index contributed by atoms with van der Waals surface area (Å²) in [6.45, 7) is 0. The van der Waals surface area contributed by atoms with Gasteiger partial charge in [-0.2, -0.15) is 0 Å². The number of rotatable bonds is 4. The Hall–Kier alpha value is -3.35. The summed E-state index contributed by atoms with van der Waals surface area (Å²) in [7, 11) is 0. The molecule has 0 bridgehead atoms. The van der Waals surface area contributed by atoms with Gasteiger partial charge in [-0.05, 0) is 54.7 Å². The molecule has 154 valence electrons. The molecule has 7 heteroatoms. The van der Waals surface area contributed by atoms with Crippen molar-refractivity contribution in [3.63, 3.8) is 0 Å². The van der Waals surface area contributed by atoms with Crippen LogP contribution in [0.1, 0.15) is 23.5 Å². The number of halogens is 1. The molecule has 0 amide bonds. The molecule has 2 atom stereocenters. The highest BCUT2D eigenvalue weighted by Crippen LogP contribution is 2.45. The maximum absolute atomic E-state index is 10.6. The predicted molar refractivity (Wildman–Crippen MR) is 125 cm³/mol. The minimum absolute atomic E-state index is 0.0788. The highest BCUT2D eigenvalue weighted by Gasteiger charge is 2.43. The van der Waals surface area contributed by atoms with Gasteiger partial charge in [-0.15, -0.1) is 0 Å². The van der Waals surface area contributed by atoms with Gasteiger partial charge < -0.3 is 19.7 Å². The van der Waals surface area contributed by atoms with E-state index in [1.165, 1.54) is 0 Å². The van der Waals surface area contributed by atoms with E-state index >= 15 is 0 Å². The van der Waals surface area contributed by atoms with Crippen LogP contribution >= 0.6 is 23.8 Å². The fraction of sp³-hybridized carbons (Fsp3) is 0.0833. The van der Waals surface area contributed by atoms with Crippen molar-refractivity contribution >= 4 is 34.6 Å². The van der Waals surface area contributed by atoms with Gasteiger partial charge in [0.25, 0.3) is 0 Å². The summed E-state index contributed by atoms with van der Waals surface area (Å²) in [6, 6.07) is 23.8. The van der Waals surface area contributed by atoms with E-state index < -0.39 is 0 Å². The quantitative estimate of drug-likeness (QED) is 0.381. The first-order valence-corrected chi connectivity index (χ1v) is 10.5. The van der Waals surface area contributed by atoms with Gasteiger partial charge in [0.1, 0.15) is 23.3 Å². The molecule has 0 spiro atoms. The van der Waals surface area contributed by atoms with Crippen LogP contribution in [-0.2, 0) is 0 Å². The second-order valence-corrected chi connectivity index (χ2v) is 8.02. The van der Waals surface area contributed by atoms with Crippen molar-refractivity contribution in [1.29, 1.82) is 0 Å². The molecule has 2 aromatic heterocycles. The maximum Gasteiger partial charge on any atom is 0.174 e. The van der Waals surface area contributed by atoms with Gasteiger partial charge in [-0.3, -0.25) is 4.98 Å². The number of nitrogens with zero attached hydrogens (tertiary/aromatic N) is 2. The number of thiocarbonyl (C=S) groups is 1. The van der Waals surface area contributed by atoms with Gasteiger partial charge in [0, 0.05) is 16.8 Å². The molecular weight excluding hydrogens is 430 g/mol. The van der Waals surface area contributed by atoms with Crippen LogP contribution in [0.25, 0.3) is 11.3 Å². The van der Waals surface area contributed by atoms with E-state index in [1.807, 2.05) is 65.6 Å². The van der Waals surface area contributed by atoms with Crippen LogP contribution in [0.4, 0.5) is 5.69 Å². The van der Waals surface area contributed by atoms with E-state index in [-0.39, 0.29) is 17.8 Å². The molecule has 0 radical (unpaired) electrons. The zero-order valence-corrected chi connectivity index (χ0v) is 17.8. The monoisotopic (exact) mass is 447 g/mol. The van der Waals surface area contributed by atoms with E-state index in [0.29, 0.717) is 21.6 Å². The summed E-state index contributed by atoms with van der Waals surface area (Å²) in [5, 5.41) is 14.9. The van der Waals surface area contributed by atoms with Crippen molar-refractivity contribution < 1.29 is 9.52 Å². The molecule has 2 N–H and O–H groups in total. The van der Waals surface area contributed by atoms with Crippen LogP contribution in [0.5, 0.6) is 5.75 Å². The van der Waals surface area contributed by atoms with Gasteiger partial charge in [0.15, 0.2) is 5.11 Å². The number of phenolic OH excluding ortho intramolecular Hbond substituents is 1. The van der Waals surface area contributed by atoms with Gasteiger partial charge in [0.2, 0.25) is 0 Å². The van der Waals surface area contributed by atoms with Crippen LogP contribution in [0.3, 0.4) is 0 Å². The topological polar surface area (TPSA) is 61.5 Å². The first-order valence-electron chi connectivity index (χ1n) is 9.76. The third-order valence-electron chi connectivity index (χ3n) is 5.27. The standard InChI is InChI=1S/C24H18ClN3O2S/c25-16-9-10-19(29)18(14-16)28-23(22(27-24(28)31)17-8-4-5-13-26-17)21-12-11-20(30-21)15-6-2-1-3-7-15/h1-14,22-23,29H,(H,27,31)/t22-,23-/m1/s1. The number of aromatic hydroxyl groups is 1. The van der Waals surface area contributed by atoms with E-state index in [0.717, 1.165) is 17.0 Å². The molecule has 0 unspecified atom stereocenters. The highest BCUT2D eigenvalue weighted by atomic mass is 35.5. The lowest BCUT2D eigenvalue weighted by Crippen LogP contribution is -2.29. The van der Waals surface area contributed by atoms with E-state index in [1.54, 1.807) is 24.4 Å². The molecular formula is C24H18ClN3O2S. The fourth-order valence-corrected chi connectivity index (χ4v) is 4.37. The number of pyridine rings is 1. The first-order chi connectivity index (χ1) is 15.1. The van der Waals surface area contributed by atoms with Crippen molar-refractivity contribution in [3.05, 3.63) is 102 Å². The van der Waals surface area contributed by atoms with Crippen LogP contribution in [0.2, 0.25) is 5.02 Å². The molecule has 0 saturated carbocycles. The Morgan fingerprint density at radius 2 is 1.81 bits per heavy atom. The zero-order chi connectivity index (χ0) is 21.4. The van der Waals surface area contributed by atoms with Crippen molar-refractivity contribution in [3.8, 4) is 17.1 Å². The molecule has 3 heterocycles. The lowest BCUT2D eigenvalue weighted by molar-refractivity contribution is 0.434. The van der Waals surface area contributed by atoms with E-state index in [9.17, 15) is 5.11 Å². The fourth-order valence-electron chi connectivity index (χ4n) is 3.86. The molecule has 31 heavy (non-hydrogen) atoms. The minimum atomic E-state index is -0.371. The average molecular weight is 448 g/mol. The van der Waals surface area contributed by atoms with Crippen molar-refractivity contribution in [2.24, 2.45) is 0 Å². The van der Waals surface area contributed by atoms with Crippen LogP contribution < -0.4 is 10.2 Å². The summed E-state index contributed by atoms with van der Waals surface area (Å²) < 4.78 is 6.29. The Kier molecular flexibility index (Phi) is 5.10. The number of hydrogen-bond acceptors (Lipinski definition) is 4. The second-order valence-electron chi connectivity index (χ2n) is 7.20. The number of furan rings is 1. The Bertz CT molecular complexity index is 1230. The maximum atomic E-state index is 10.6. The molecule has 5 nitrogen and oxygen atoms in total. The lowest BCUT2D eigenvalue weighted by Gasteiger charge is -2.26. The Morgan fingerprint density at radius 1 is 1.00 bits per heavy atom. The summed E-state index contributed by atoms with van der Waals surface area (Å²) in [5.74, 6) is 1.53. The number of nitrogens with one attached hydrogen (secondary N) is 1. The molecule has 1 fully saturated rings. The normalized spacial score (nSPS) is 18.2. The predicted octanol–water partition coefficient (Wildman–Crippen LogP) is 5.88. The summed E-state index contributed by atoms with van der Waals surface area (Å²) in [4.78, 5) is 6.36. The highest BCUT2D eigenvalue weighted by molar-refractivity contribution is 7.80. The van der Waals surface area contributed by atoms with Crippen molar-refractivity contribution in [2.75, 3.05) is 4.90 Å². The molecule has 4 aromatic rings. The molecule has 2 aromatic carbocycles. The number of hydrogen-bond donors (Lipinski definition) is 2. The van der Waals surface area contributed by atoms with E-state index in [4.69, 9.17) is 28.2 Å². The van der Waals surface area contributed by atoms with Crippen molar-refractivity contribution in [2.45, 2.75) is 12.1 Å². The first kappa shape index (κ1) is 19.6. The van der Waals surface area contributed by atoms with Gasteiger partial charge in [-0.25, -0.2) is 0 Å². The van der Waals surface area contributed by atoms with Crippen molar-refractivity contribution in [1.82, 2.24) is 10.3 Å². The minimum Gasteiger partial charge on any atom is -0.506 e. The van der Waals surface area contributed by atoms with E-state index in [2.05, 4.69) is 10.3 Å². The largest absolute Gasteiger partial charge is 0.506 e. The van der Waals surface area contributed by atoms with Gasteiger partial charge >= 0.3 is 0 Å².